The van der Waals surface area contributed by atoms with Gasteiger partial charge in [0.05, 0.1) is 19.8 Å². The maximum atomic E-state index is 9.13. The number of aryl methyl sites for hydroxylation is 1. The molecule has 0 aromatic carbocycles. The van der Waals surface area contributed by atoms with Gasteiger partial charge in [0.1, 0.15) is 17.3 Å². The molecular weight excluding hydrogens is 224 g/mol. The number of aromatic nitrogens is 2. The third-order valence-corrected chi connectivity index (χ3v) is 2.25. The first-order valence-corrected chi connectivity index (χ1v) is 4.95. The highest BCUT2D eigenvalue weighted by molar-refractivity contribution is 5.35. The molecule has 0 atom stereocenters. The number of rotatable bonds is 5. The monoisotopic (exact) mass is 238 g/mol. The number of anilines is 1. The Morgan fingerprint density at radius 2 is 1.88 bits per heavy atom. The minimum Gasteiger partial charge on any atom is -0.394 e. The second kappa shape index (κ2) is 5.54. The minimum atomic E-state index is -1.31. The highest BCUT2D eigenvalue weighted by Gasteiger charge is 2.28. The number of hydrogen-bond donors (Lipinski definition) is 4. The molecule has 7 nitrogen and oxygen atoms in total. The minimum absolute atomic E-state index is 0.0821. The first kappa shape index (κ1) is 13.3. The maximum Gasteiger partial charge on any atom is 0.224 e. The van der Waals surface area contributed by atoms with Gasteiger partial charge >= 0.3 is 0 Å². The molecule has 0 saturated heterocycles. The lowest BCUT2D eigenvalue weighted by molar-refractivity contribution is 0.0828. The number of nitrogens with one attached hydrogen (secondary N) is 1. The molecule has 0 fully saturated rings. The average molecular weight is 238 g/mol. The van der Waals surface area contributed by atoms with Crippen molar-refractivity contribution in [2.75, 3.05) is 25.1 Å². The summed E-state index contributed by atoms with van der Waals surface area (Å²) in [5, 5.41) is 38.8. The van der Waals surface area contributed by atoms with Gasteiger partial charge in [-0.2, -0.15) is 5.26 Å². The lowest BCUT2D eigenvalue weighted by Crippen LogP contribution is -2.49. The number of aliphatic hydroxyl groups excluding tert-OH is 3. The Morgan fingerprint density at radius 1 is 1.29 bits per heavy atom. The van der Waals surface area contributed by atoms with E-state index in [1.165, 1.54) is 6.07 Å². The molecule has 0 aliphatic rings. The van der Waals surface area contributed by atoms with Crippen LogP contribution in [0.1, 0.15) is 11.4 Å². The summed E-state index contributed by atoms with van der Waals surface area (Å²) in [7, 11) is 0. The molecule has 0 bridgehead atoms. The van der Waals surface area contributed by atoms with E-state index < -0.39 is 25.4 Å². The Kier molecular flexibility index (Phi) is 4.34. The third-order valence-electron chi connectivity index (χ3n) is 2.25. The summed E-state index contributed by atoms with van der Waals surface area (Å²) in [6.45, 7) is 0.226. The summed E-state index contributed by atoms with van der Waals surface area (Å²) in [6, 6.07) is 3.37. The molecule has 7 heteroatoms. The summed E-state index contributed by atoms with van der Waals surface area (Å²) >= 11 is 0. The Morgan fingerprint density at radius 3 is 2.35 bits per heavy atom. The van der Waals surface area contributed by atoms with Crippen LogP contribution in [0.4, 0.5) is 5.95 Å². The van der Waals surface area contributed by atoms with Gasteiger partial charge in [-0.15, -0.1) is 0 Å². The largest absolute Gasteiger partial charge is 0.394 e. The summed E-state index contributed by atoms with van der Waals surface area (Å²) in [6.07, 6.45) is 0. The van der Waals surface area contributed by atoms with Crippen LogP contribution >= 0.6 is 0 Å². The topological polar surface area (TPSA) is 122 Å². The Hall–Kier alpha value is -1.75. The van der Waals surface area contributed by atoms with E-state index >= 15 is 0 Å². The van der Waals surface area contributed by atoms with Gasteiger partial charge in [0.2, 0.25) is 5.95 Å². The SMILES string of the molecule is Cc1cc(C#N)nc(NC(CO)(CO)CO)n1. The molecule has 0 radical (unpaired) electrons. The number of aliphatic hydroxyl groups is 3. The van der Waals surface area contributed by atoms with Crippen LogP contribution in [0.5, 0.6) is 0 Å². The lowest BCUT2D eigenvalue weighted by atomic mass is 10.0. The van der Waals surface area contributed by atoms with Crippen molar-refractivity contribution in [3.8, 4) is 6.07 Å². The molecule has 0 amide bonds. The van der Waals surface area contributed by atoms with Crippen LogP contribution in [0.25, 0.3) is 0 Å². The van der Waals surface area contributed by atoms with Crippen LogP contribution in [0.2, 0.25) is 0 Å². The zero-order valence-electron chi connectivity index (χ0n) is 9.38. The second-order valence-corrected chi connectivity index (χ2v) is 3.71. The second-order valence-electron chi connectivity index (χ2n) is 3.71. The number of nitriles is 1. The fourth-order valence-corrected chi connectivity index (χ4v) is 1.19. The molecule has 1 aromatic heterocycles. The van der Waals surface area contributed by atoms with Crippen molar-refractivity contribution in [3.63, 3.8) is 0 Å². The van der Waals surface area contributed by atoms with Crippen LogP contribution in [0.15, 0.2) is 6.07 Å². The van der Waals surface area contributed by atoms with Crippen LogP contribution in [0.3, 0.4) is 0 Å². The van der Waals surface area contributed by atoms with Gasteiger partial charge in [-0.25, -0.2) is 9.97 Å². The molecule has 0 aliphatic heterocycles. The molecule has 0 spiro atoms. The molecular formula is C10H14N4O3. The highest BCUT2D eigenvalue weighted by Crippen LogP contribution is 2.12. The lowest BCUT2D eigenvalue weighted by Gasteiger charge is -2.28. The predicted molar refractivity (Wildman–Crippen MR) is 59.1 cm³/mol. The van der Waals surface area contributed by atoms with Crippen LogP contribution in [-0.4, -0.2) is 50.6 Å². The molecule has 17 heavy (non-hydrogen) atoms. The van der Waals surface area contributed by atoms with Gasteiger partial charge in [-0.3, -0.25) is 0 Å². The van der Waals surface area contributed by atoms with Crippen molar-refractivity contribution in [2.45, 2.75) is 12.5 Å². The van der Waals surface area contributed by atoms with Crippen molar-refractivity contribution in [3.05, 3.63) is 17.5 Å². The van der Waals surface area contributed by atoms with Gasteiger partial charge in [-0.1, -0.05) is 0 Å². The molecule has 0 unspecified atom stereocenters. The molecule has 1 rings (SSSR count). The number of nitrogens with zero attached hydrogens (tertiary/aromatic N) is 3. The molecule has 0 saturated carbocycles. The molecule has 0 aliphatic carbocycles. The van der Waals surface area contributed by atoms with E-state index in [4.69, 9.17) is 20.6 Å². The van der Waals surface area contributed by atoms with Gasteiger partial charge < -0.3 is 20.6 Å². The van der Waals surface area contributed by atoms with E-state index in [1.807, 2.05) is 6.07 Å². The smallest absolute Gasteiger partial charge is 0.224 e. The highest BCUT2D eigenvalue weighted by atomic mass is 16.3. The maximum absolute atomic E-state index is 9.13. The molecule has 1 heterocycles. The summed E-state index contributed by atoms with van der Waals surface area (Å²) in [5.74, 6) is 0.0821. The van der Waals surface area contributed by atoms with Crippen molar-refractivity contribution >= 4 is 5.95 Å². The third kappa shape index (κ3) is 3.10. The van der Waals surface area contributed by atoms with E-state index in [0.717, 1.165) is 0 Å². The van der Waals surface area contributed by atoms with Gasteiger partial charge in [0, 0.05) is 5.69 Å². The van der Waals surface area contributed by atoms with Crippen molar-refractivity contribution in [1.29, 1.82) is 5.26 Å². The van der Waals surface area contributed by atoms with Gasteiger partial charge in [0.25, 0.3) is 0 Å². The summed E-state index contributed by atoms with van der Waals surface area (Å²) in [5.41, 5.74) is -0.565. The Labute approximate surface area is 98.4 Å². The number of hydrogen-bond acceptors (Lipinski definition) is 7. The van der Waals surface area contributed by atoms with E-state index in [1.54, 1.807) is 6.92 Å². The Balaban J connectivity index is 3.02. The van der Waals surface area contributed by atoms with Crippen LogP contribution in [0, 0.1) is 18.3 Å². The van der Waals surface area contributed by atoms with Crippen LogP contribution < -0.4 is 5.32 Å². The van der Waals surface area contributed by atoms with Gasteiger partial charge in [-0.05, 0) is 13.0 Å². The fourth-order valence-electron chi connectivity index (χ4n) is 1.19. The summed E-state index contributed by atoms with van der Waals surface area (Å²) < 4.78 is 0. The predicted octanol–water partition coefficient (Wildman–Crippen LogP) is -1.22. The quantitative estimate of drug-likeness (QED) is 0.507. The molecule has 1 aromatic rings. The zero-order chi connectivity index (χ0) is 12.9. The van der Waals surface area contributed by atoms with Crippen molar-refractivity contribution in [1.82, 2.24) is 9.97 Å². The normalized spacial score (nSPS) is 11.0. The van der Waals surface area contributed by atoms with Gasteiger partial charge in [0.15, 0.2) is 0 Å². The van der Waals surface area contributed by atoms with E-state index in [-0.39, 0.29) is 11.6 Å². The average Bonchev–Trinajstić information content (AvgIpc) is 2.35. The van der Waals surface area contributed by atoms with Crippen molar-refractivity contribution < 1.29 is 15.3 Å². The van der Waals surface area contributed by atoms with Crippen molar-refractivity contribution in [2.24, 2.45) is 0 Å². The Bertz CT molecular complexity index is 418. The van der Waals surface area contributed by atoms with E-state index in [0.29, 0.717) is 5.69 Å². The van der Waals surface area contributed by atoms with E-state index in [9.17, 15) is 0 Å². The van der Waals surface area contributed by atoms with Crippen LogP contribution in [-0.2, 0) is 0 Å². The molecule has 4 N–H and O–H groups in total. The van der Waals surface area contributed by atoms with E-state index in [2.05, 4.69) is 15.3 Å². The first-order chi connectivity index (χ1) is 8.09. The molecule has 92 valence electrons. The standard InChI is InChI=1S/C10H14N4O3/c1-7-2-8(3-11)13-9(12-7)14-10(4-15,5-16)6-17/h2,15-17H,4-6H2,1H3,(H,12,13,14). The first-order valence-electron chi connectivity index (χ1n) is 4.95. The fraction of sp³-hybridized carbons (Fsp3) is 0.500. The zero-order valence-corrected chi connectivity index (χ0v) is 9.38. The summed E-state index contributed by atoms with van der Waals surface area (Å²) in [4.78, 5) is 7.87.